The van der Waals surface area contributed by atoms with Gasteiger partial charge >= 0.3 is 0 Å². The van der Waals surface area contributed by atoms with E-state index < -0.39 is 0 Å². The second-order valence-corrected chi connectivity index (χ2v) is 10.2. The molecule has 0 spiro atoms. The van der Waals surface area contributed by atoms with E-state index in [1.807, 2.05) is 55.3 Å². The number of hydrogen-bond acceptors (Lipinski definition) is 6. The number of nitrogens with one attached hydrogen (secondary N) is 2. The van der Waals surface area contributed by atoms with Crippen molar-refractivity contribution in [1.29, 1.82) is 0 Å². The molecule has 2 aliphatic rings. The number of para-hydroxylation sites is 1. The molecular weight excluding hydrogens is 450 g/mol. The number of carbonyl (C=O) groups is 1. The van der Waals surface area contributed by atoms with Gasteiger partial charge in [-0.1, -0.05) is 24.6 Å². The maximum atomic E-state index is 13.7. The van der Waals surface area contributed by atoms with Crippen molar-refractivity contribution in [2.45, 2.75) is 52.0 Å². The molecule has 2 fully saturated rings. The van der Waals surface area contributed by atoms with Gasteiger partial charge in [0.05, 0.1) is 16.6 Å². The van der Waals surface area contributed by atoms with Gasteiger partial charge in [0.15, 0.2) is 0 Å². The molecule has 36 heavy (non-hydrogen) atoms. The molecule has 8 heteroatoms. The van der Waals surface area contributed by atoms with Crippen molar-refractivity contribution in [2.75, 3.05) is 31.5 Å². The normalized spacial score (nSPS) is 17.7. The van der Waals surface area contributed by atoms with Crippen molar-refractivity contribution < 1.29 is 4.79 Å². The molecule has 0 bridgehead atoms. The third-order valence-corrected chi connectivity index (χ3v) is 7.66. The molecule has 6 rings (SSSR count). The lowest BCUT2D eigenvalue weighted by atomic mass is 9.99. The summed E-state index contributed by atoms with van der Waals surface area (Å²) in [5, 5.41) is 4.33. The van der Waals surface area contributed by atoms with Gasteiger partial charge in [0.2, 0.25) is 5.95 Å². The predicted octanol–water partition coefficient (Wildman–Crippen LogP) is 4.96. The van der Waals surface area contributed by atoms with Crippen LogP contribution in [0.15, 0.2) is 36.5 Å². The summed E-state index contributed by atoms with van der Waals surface area (Å²) in [6.07, 6.45) is 7.86. The molecule has 2 saturated heterocycles. The molecule has 4 heterocycles. The third kappa shape index (κ3) is 4.41. The average molecular weight is 484 g/mol. The molecule has 0 saturated carbocycles. The van der Waals surface area contributed by atoms with Gasteiger partial charge in [0.1, 0.15) is 11.3 Å². The van der Waals surface area contributed by atoms with Gasteiger partial charge in [-0.05, 0) is 70.3 Å². The molecule has 0 unspecified atom stereocenters. The lowest BCUT2D eigenvalue weighted by Crippen LogP contribution is -2.48. The molecule has 1 amide bonds. The van der Waals surface area contributed by atoms with Crippen LogP contribution in [0.3, 0.4) is 0 Å². The third-order valence-electron chi connectivity index (χ3n) is 7.66. The number of hydrogen-bond donors (Lipinski definition) is 2. The molecule has 0 atom stereocenters. The number of fused-ring (bicyclic) bond motifs is 2. The Bertz CT molecular complexity index is 1410. The first-order chi connectivity index (χ1) is 17.5. The maximum absolute atomic E-state index is 13.7. The van der Waals surface area contributed by atoms with Gasteiger partial charge in [0, 0.05) is 36.4 Å². The number of aromatic amines is 1. The van der Waals surface area contributed by atoms with Crippen LogP contribution < -0.4 is 5.32 Å². The van der Waals surface area contributed by atoms with Gasteiger partial charge in [-0.2, -0.15) is 0 Å². The number of aryl methyl sites for hydroxylation is 2. The van der Waals surface area contributed by atoms with E-state index in [9.17, 15) is 4.79 Å². The number of likely N-dealkylation sites (tertiary alicyclic amines) is 2. The quantitative estimate of drug-likeness (QED) is 0.427. The first-order valence-electron chi connectivity index (χ1n) is 13.1. The zero-order valence-corrected chi connectivity index (χ0v) is 21.0. The van der Waals surface area contributed by atoms with Crippen LogP contribution in [0, 0.1) is 13.8 Å². The summed E-state index contributed by atoms with van der Waals surface area (Å²) in [5.41, 5.74) is 4.96. The van der Waals surface area contributed by atoms with Crippen LogP contribution >= 0.6 is 0 Å². The monoisotopic (exact) mass is 483 g/mol. The Morgan fingerprint density at radius 2 is 1.81 bits per heavy atom. The van der Waals surface area contributed by atoms with Crippen molar-refractivity contribution in [3.8, 4) is 0 Å². The first-order valence-corrected chi connectivity index (χ1v) is 13.1. The maximum Gasteiger partial charge on any atom is 0.256 e. The highest BCUT2D eigenvalue weighted by molar-refractivity contribution is 6.06. The van der Waals surface area contributed by atoms with Gasteiger partial charge in [-0.3, -0.25) is 4.79 Å². The molecule has 0 radical (unpaired) electrons. The van der Waals surface area contributed by atoms with E-state index in [-0.39, 0.29) is 5.91 Å². The van der Waals surface area contributed by atoms with E-state index in [1.165, 1.54) is 32.4 Å². The predicted molar refractivity (Wildman–Crippen MR) is 143 cm³/mol. The van der Waals surface area contributed by atoms with Crippen molar-refractivity contribution >= 4 is 39.5 Å². The molecule has 2 aromatic carbocycles. The van der Waals surface area contributed by atoms with Crippen molar-refractivity contribution in [2.24, 2.45) is 0 Å². The summed E-state index contributed by atoms with van der Waals surface area (Å²) in [6, 6.07) is 10.5. The largest absolute Gasteiger partial charge is 0.342 e. The Kier molecular flexibility index (Phi) is 6.05. The number of aromatic nitrogens is 4. The molecule has 0 aliphatic carbocycles. The highest BCUT2D eigenvalue weighted by atomic mass is 16.2. The molecule has 2 aromatic heterocycles. The minimum Gasteiger partial charge on any atom is -0.342 e. The fraction of sp³-hybridized carbons (Fsp3) is 0.429. The van der Waals surface area contributed by atoms with Crippen LogP contribution in [0.5, 0.6) is 0 Å². The minimum absolute atomic E-state index is 0.0440. The van der Waals surface area contributed by atoms with Crippen molar-refractivity contribution in [3.63, 3.8) is 0 Å². The number of amides is 1. The summed E-state index contributed by atoms with van der Waals surface area (Å²) in [4.78, 5) is 35.5. The molecular formula is C28H33N7O. The summed E-state index contributed by atoms with van der Waals surface area (Å²) in [7, 11) is 0. The summed E-state index contributed by atoms with van der Waals surface area (Å²) in [6.45, 7) is 7.95. The molecule has 8 nitrogen and oxygen atoms in total. The average Bonchev–Trinajstić information content (AvgIpc) is 3.29. The number of carbonyl (C=O) groups excluding carboxylic acids is 1. The lowest BCUT2D eigenvalue weighted by molar-refractivity contribution is 0.0591. The van der Waals surface area contributed by atoms with E-state index in [2.05, 4.69) is 25.2 Å². The van der Waals surface area contributed by atoms with Crippen LogP contribution in [0.25, 0.3) is 21.9 Å². The van der Waals surface area contributed by atoms with Gasteiger partial charge in [-0.15, -0.1) is 0 Å². The van der Waals surface area contributed by atoms with E-state index >= 15 is 0 Å². The number of rotatable bonds is 4. The lowest BCUT2D eigenvalue weighted by Gasteiger charge is -2.40. The van der Waals surface area contributed by atoms with Crippen LogP contribution in [0.2, 0.25) is 0 Å². The van der Waals surface area contributed by atoms with E-state index in [0.29, 0.717) is 17.6 Å². The van der Waals surface area contributed by atoms with Crippen molar-refractivity contribution in [1.82, 2.24) is 29.7 Å². The first kappa shape index (κ1) is 22.9. The van der Waals surface area contributed by atoms with Gasteiger partial charge < -0.3 is 20.1 Å². The summed E-state index contributed by atoms with van der Waals surface area (Å²) >= 11 is 0. The number of H-pyrrole nitrogens is 1. The smallest absolute Gasteiger partial charge is 0.256 e. The standard InChI is InChI=1S/C28H33N7O/c1-18-7-6-8-20-17-29-28(33-25(18)20)32-21-15-23(26-24(16-21)30-19(2)31-26)27(36)35-13-9-22(10-14-35)34-11-4-3-5-12-34/h6-8,15-17,22H,3-5,9-14H2,1-2H3,(H,30,31)(H,29,32,33). The second kappa shape index (κ2) is 9.50. The van der Waals surface area contributed by atoms with Gasteiger partial charge in [0.25, 0.3) is 5.91 Å². The summed E-state index contributed by atoms with van der Waals surface area (Å²) in [5.74, 6) is 1.34. The van der Waals surface area contributed by atoms with Gasteiger partial charge in [-0.25, -0.2) is 15.0 Å². The number of benzene rings is 2. The number of piperidine rings is 2. The number of nitrogens with zero attached hydrogens (tertiary/aromatic N) is 5. The number of imidazole rings is 1. The fourth-order valence-electron chi connectivity index (χ4n) is 5.76. The van der Waals surface area contributed by atoms with Crippen molar-refractivity contribution in [3.05, 3.63) is 53.5 Å². The Morgan fingerprint density at radius 1 is 1.00 bits per heavy atom. The second-order valence-electron chi connectivity index (χ2n) is 10.2. The molecule has 4 aromatic rings. The van der Waals surface area contributed by atoms with Crippen LogP contribution in [-0.4, -0.2) is 67.9 Å². The Balaban J connectivity index is 1.26. The topological polar surface area (TPSA) is 90.0 Å². The Labute approximate surface area is 211 Å². The zero-order chi connectivity index (χ0) is 24.6. The molecule has 2 N–H and O–H groups in total. The Hall–Kier alpha value is -3.52. The van der Waals surface area contributed by atoms with Crippen LogP contribution in [0.4, 0.5) is 11.6 Å². The minimum atomic E-state index is 0.0440. The zero-order valence-electron chi connectivity index (χ0n) is 21.0. The van der Waals surface area contributed by atoms with E-state index in [1.54, 1.807) is 0 Å². The SMILES string of the molecule is Cc1nc2c(C(=O)N3CCC(N4CCCCC4)CC3)cc(Nc3ncc4cccc(C)c4n3)cc2[nH]1. The van der Waals surface area contributed by atoms with Crippen LogP contribution in [-0.2, 0) is 0 Å². The molecule has 2 aliphatic heterocycles. The van der Waals surface area contributed by atoms with Crippen LogP contribution in [0.1, 0.15) is 53.8 Å². The summed E-state index contributed by atoms with van der Waals surface area (Å²) < 4.78 is 0. The fourth-order valence-corrected chi connectivity index (χ4v) is 5.76. The highest BCUT2D eigenvalue weighted by Crippen LogP contribution is 2.28. The van der Waals surface area contributed by atoms with E-state index in [4.69, 9.17) is 4.98 Å². The van der Waals surface area contributed by atoms with E-state index in [0.717, 1.165) is 64.9 Å². The highest BCUT2D eigenvalue weighted by Gasteiger charge is 2.29. The Morgan fingerprint density at radius 3 is 2.61 bits per heavy atom. The molecule has 186 valence electrons. The number of anilines is 2.